The Morgan fingerprint density at radius 3 is 2.10 bits per heavy atom. The summed E-state index contributed by atoms with van der Waals surface area (Å²) in [6.45, 7) is 6.72. The van der Waals surface area contributed by atoms with Crippen molar-refractivity contribution < 1.29 is 27.5 Å². The molecule has 0 aliphatic heterocycles. The van der Waals surface area contributed by atoms with Crippen LogP contribution in [0.25, 0.3) is 0 Å². The fraction of sp³-hybridized carbons (Fsp3) is 0.333. The van der Waals surface area contributed by atoms with Crippen LogP contribution in [0.4, 0.5) is 5.69 Å². The number of rotatable bonds is 11. The zero-order valence-electron chi connectivity index (χ0n) is 24.0. The molecule has 2 amide bonds. The van der Waals surface area contributed by atoms with E-state index in [1.807, 2.05) is 45.0 Å². The second-order valence-corrected chi connectivity index (χ2v) is 13.2. The van der Waals surface area contributed by atoms with Gasteiger partial charge in [0.2, 0.25) is 11.8 Å². The highest BCUT2D eigenvalue weighted by molar-refractivity contribution is 9.10. The lowest BCUT2D eigenvalue weighted by Gasteiger charge is -2.33. The summed E-state index contributed by atoms with van der Waals surface area (Å²) in [5, 5.41) is 2.92. The molecule has 0 bridgehead atoms. The molecule has 0 radical (unpaired) electrons. The summed E-state index contributed by atoms with van der Waals surface area (Å²) in [6, 6.07) is 19.0. The molecule has 3 rings (SSSR count). The standard InChI is InChI=1S/C30H36BrN3O6S/c1-21(29(36)32-30(2,3)4)33(19-22-12-14-23(31)15-13-22)28(35)20-34(41(37,38)25-10-8-7-9-11-25)24-16-17-26(39-5)27(18-24)40-6/h7-18,21H,19-20H2,1-6H3,(H,32,36)/t21-/m1/s1. The maximum atomic E-state index is 14.0. The van der Waals surface area contributed by atoms with Crippen molar-refractivity contribution in [1.82, 2.24) is 10.2 Å². The lowest BCUT2D eigenvalue weighted by atomic mass is 10.1. The molecule has 3 aromatic rings. The second kappa shape index (κ2) is 13.4. The predicted octanol–water partition coefficient (Wildman–Crippen LogP) is 4.99. The largest absolute Gasteiger partial charge is 0.493 e. The molecule has 11 heteroatoms. The van der Waals surface area contributed by atoms with Gasteiger partial charge in [0, 0.05) is 22.6 Å². The van der Waals surface area contributed by atoms with E-state index in [0.717, 1.165) is 14.3 Å². The predicted molar refractivity (Wildman–Crippen MR) is 163 cm³/mol. The van der Waals surface area contributed by atoms with Gasteiger partial charge in [0.15, 0.2) is 11.5 Å². The van der Waals surface area contributed by atoms with E-state index < -0.39 is 34.1 Å². The second-order valence-electron chi connectivity index (χ2n) is 10.4. The van der Waals surface area contributed by atoms with E-state index in [0.29, 0.717) is 11.5 Å². The van der Waals surface area contributed by atoms with E-state index in [4.69, 9.17) is 9.47 Å². The molecule has 41 heavy (non-hydrogen) atoms. The quantitative estimate of drug-likeness (QED) is 0.315. The monoisotopic (exact) mass is 645 g/mol. The fourth-order valence-electron chi connectivity index (χ4n) is 4.07. The molecule has 0 aliphatic carbocycles. The number of nitrogens with one attached hydrogen (secondary N) is 1. The molecule has 0 saturated carbocycles. The van der Waals surface area contributed by atoms with E-state index >= 15 is 0 Å². The van der Waals surface area contributed by atoms with Gasteiger partial charge in [-0.2, -0.15) is 0 Å². The number of anilines is 1. The number of carbonyl (C=O) groups is 2. The molecule has 1 atom stereocenters. The highest BCUT2D eigenvalue weighted by atomic mass is 79.9. The molecule has 0 saturated heterocycles. The number of carbonyl (C=O) groups excluding carboxylic acids is 2. The summed E-state index contributed by atoms with van der Waals surface area (Å²) in [6.07, 6.45) is 0. The van der Waals surface area contributed by atoms with E-state index in [-0.39, 0.29) is 23.0 Å². The van der Waals surface area contributed by atoms with Gasteiger partial charge >= 0.3 is 0 Å². The van der Waals surface area contributed by atoms with Gasteiger partial charge in [-0.1, -0.05) is 46.3 Å². The van der Waals surface area contributed by atoms with Gasteiger partial charge in [-0.3, -0.25) is 13.9 Å². The minimum atomic E-state index is -4.20. The average molecular weight is 647 g/mol. The molecule has 0 aromatic heterocycles. The highest BCUT2D eigenvalue weighted by Crippen LogP contribution is 2.34. The zero-order chi connectivity index (χ0) is 30.4. The SMILES string of the molecule is COc1ccc(N(CC(=O)N(Cc2ccc(Br)cc2)[C@H](C)C(=O)NC(C)(C)C)S(=O)(=O)c2ccccc2)cc1OC. The van der Waals surface area contributed by atoms with Crippen LogP contribution < -0.4 is 19.1 Å². The highest BCUT2D eigenvalue weighted by Gasteiger charge is 2.33. The number of hydrogen-bond acceptors (Lipinski definition) is 6. The number of hydrogen-bond donors (Lipinski definition) is 1. The van der Waals surface area contributed by atoms with Gasteiger partial charge in [0.1, 0.15) is 12.6 Å². The third kappa shape index (κ3) is 8.23. The Labute approximate surface area is 250 Å². The maximum Gasteiger partial charge on any atom is 0.264 e. The lowest BCUT2D eigenvalue weighted by Crippen LogP contribution is -2.54. The van der Waals surface area contributed by atoms with Gasteiger partial charge < -0.3 is 19.7 Å². The number of benzene rings is 3. The maximum absolute atomic E-state index is 14.0. The van der Waals surface area contributed by atoms with Crippen molar-refractivity contribution in [2.24, 2.45) is 0 Å². The first-order valence-electron chi connectivity index (χ1n) is 12.9. The number of sulfonamides is 1. The van der Waals surface area contributed by atoms with Crippen LogP contribution in [0, 0.1) is 0 Å². The van der Waals surface area contributed by atoms with Crippen molar-refractivity contribution in [2.75, 3.05) is 25.1 Å². The number of ether oxygens (including phenoxy) is 2. The van der Waals surface area contributed by atoms with E-state index in [9.17, 15) is 18.0 Å². The van der Waals surface area contributed by atoms with Crippen molar-refractivity contribution in [2.45, 2.75) is 50.7 Å². The van der Waals surface area contributed by atoms with Crippen molar-refractivity contribution >= 4 is 43.5 Å². The third-order valence-corrected chi connectivity index (χ3v) is 8.51. The average Bonchev–Trinajstić information content (AvgIpc) is 2.94. The number of halogens is 1. The van der Waals surface area contributed by atoms with Gasteiger partial charge in [-0.05, 0) is 69.7 Å². The van der Waals surface area contributed by atoms with E-state index in [2.05, 4.69) is 21.2 Å². The third-order valence-electron chi connectivity index (χ3n) is 6.20. The molecule has 9 nitrogen and oxygen atoms in total. The van der Waals surface area contributed by atoms with Crippen LogP contribution in [-0.2, 0) is 26.2 Å². The van der Waals surface area contributed by atoms with Crippen LogP contribution in [0.1, 0.15) is 33.3 Å². The van der Waals surface area contributed by atoms with Crippen LogP contribution in [0.15, 0.2) is 82.2 Å². The summed E-state index contributed by atoms with van der Waals surface area (Å²) in [4.78, 5) is 28.6. The van der Waals surface area contributed by atoms with Crippen molar-refractivity contribution in [1.29, 1.82) is 0 Å². The van der Waals surface area contributed by atoms with Gasteiger partial charge in [0.05, 0.1) is 24.8 Å². The Kier molecular flexibility index (Phi) is 10.4. The molecule has 220 valence electrons. The zero-order valence-corrected chi connectivity index (χ0v) is 26.5. The lowest BCUT2D eigenvalue weighted by molar-refractivity contribution is -0.140. The van der Waals surface area contributed by atoms with E-state index in [1.165, 1.54) is 37.3 Å². The first-order valence-corrected chi connectivity index (χ1v) is 15.2. The Morgan fingerprint density at radius 2 is 1.54 bits per heavy atom. The fourth-order valence-corrected chi connectivity index (χ4v) is 5.76. The topological polar surface area (TPSA) is 105 Å². The molecule has 0 fully saturated rings. The molecule has 3 aromatic carbocycles. The Bertz CT molecular complexity index is 1460. The summed E-state index contributed by atoms with van der Waals surface area (Å²) in [5.41, 5.74) is 0.454. The molecular formula is C30H36BrN3O6S. The first kappa shape index (κ1) is 32.0. The van der Waals surface area contributed by atoms with E-state index in [1.54, 1.807) is 37.3 Å². The van der Waals surface area contributed by atoms with Crippen LogP contribution >= 0.6 is 15.9 Å². The van der Waals surface area contributed by atoms with Crippen LogP contribution in [0.5, 0.6) is 11.5 Å². The number of methoxy groups -OCH3 is 2. The van der Waals surface area contributed by atoms with Crippen LogP contribution in [0.3, 0.4) is 0 Å². The smallest absolute Gasteiger partial charge is 0.264 e. The normalized spacial score (nSPS) is 12.3. The van der Waals surface area contributed by atoms with Gasteiger partial charge in [-0.25, -0.2) is 8.42 Å². The summed E-state index contributed by atoms with van der Waals surface area (Å²) in [5.74, 6) is -0.204. The molecule has 0 aliphatic rings. The molecule has 0 heterocycles. The number of amides is 2. The molecule has 0 unspecified atom stereocenters. The van der Waals surface area contributed by atoms with Crippen molar-refractivity contribution in [3.8, 4) is 11.5 Å². The van der Waals surface area contributed by atoms with Gasteiger partial charge in [-0.15, -0.1) is 0 Å². The Hall–Kier alpha value is -3.57. The van der Waals surface area contributed by atoms with Crippen molar-refractivity contribution in [3.63, 3.8) is 0 Å². The molecule has 1 N–H and O–H groups in total. The Morgan fingerprint density at radius 1 is 0.927 bits per heavy atom. The van der Waals surface area contributed by atoms with Crippen molar-refractivity contribution in [3.05, 3.63) is 82.8 Å². The number of nitrogens with zero attached hydrogens (tertiary/aromatic N) is 2. The van der Waals surface area contributed by atoms with Gasteiger partial charge in [0.25, 0.3) is 10.0 Å². The van der Waals surface area contributed by atoms with Crippen LogP contribution in [-0.4, -0.2) is 57.5 Å². The minimum absolute atomic E-state index is 0.0144. The summed E-state index contributed by atoms with van der Waals surface area (Å²) in [7, 11) is -1.28. The van der Waals surface area contributed by atoms with Crippen LogP contribution in [0.2, 0.25) is 0 Å². The molecule has 0 spiro atoms. The first-order chi connectivity index (χ1) is 19.3. The molecular weight excluding hydrogens is 610 g/mol. The Balaban J connectivity index is 2.08. The minimum Gasteiger partial charge on any atom is -0.493 e. The summed E-state index contributed by atoms with van der Waals surface area (Å²) >= 11 is 3.41. The summed E-state index contributed by atoms with van der Waals surface area (Å²) < 4.78 is 40.5.